The number of carboxylic acids is 1. The number of methoxy groups -OCH3 is 1. The van der Waals surface area contributed by atoms with Crippen LogP contribution >= 0.6 is 0 Å². The van der Waals surface area contributed by atoms with Gasteiger partial charge in [-0.05, 0) is 24.1 Å². The summed E-state index contributed by atoms with van der Waals surface area (Å²) >= 11 is 0. The minimum absolute atomic E-state index is 0.286. The van der Waals surface area contributed by atoms with Gasteiger partial charge in [0.15, 0.2) is 6.10 Å². The first-order chi connectivity index (χ1) is 8.17. The van der Waals surface area contributed by atoms with Gasteiger partial charge >= 0.3 is 5.97 Å². The van der Waals surface area contributed by atoms with E-state index < -0.39 is 12.1 Å². The maximum atomic E-state index is 10.9. The van der Waals surface area contributed by atoms with Crippen LogP contribution in [0.15, 0.2) is 24.3 Å². The quantitative estimate of drug-likeness (QED) is 0.792. The summed E-state index contributed by atoms with van der Waals surface area (Å²) in [4.78, 5) is 10.9. The van der Waals surface area contributed by atoms with E-state index in [1.807, 2.05) is 31.2 Å². The second-order valence-corrected chi connectivity index (χ2v) is 3.78. The number of aliphatic carboxylic acids is 1. The van der Waals surface area contributed by atoms with Crippen LogP contribution in [0.3, 0.4) is 0 Å². The third kappa shape index (κ3) is 4.44. The highest BCUT2D eigenvalue weighted by molar-refractivity contribution is 5.72. The topological polar surface area (TPSA) is 55.8 Å². The van der Waals surface area contributed by atoms with Crippen LogP contribution in [0.2, 0.25) is 0 Å². The van der Waals surface area contributed by atoms with Crippen LogP contribution in [-0.2, 0) is 16.1 Å². The number of hydrogen-bond acceptors (Lipinski definition) is 3. The van der Waals surface area contributed by atoms with Crippen LogP contribution in [0.4, 0.5) is 0 Å². The molecular weight excluding hydrogens is 220 g/mol. The average molecular weight is 238 g/mol. The molecule has 0 aliphatic heterocycles. The third-order valence-electron chi connectivity index (χ3n) is 2.41. The molecule has 1 N–H and O–H groups in total. The Bertz CT molecular complexity index is 362. The van der Waals surface area contributed by atoms with Crippen molar-refractivity contribution in [2.75, 3.05) is 7.11 Å². The van der Waals surface area contributed by atoms with Gasteiger partial charge in [0.05, 0.1) is 13.7 Å². The number of carboxylic acid groups (broad SMARTS) is 1. The van der Waals surface area contributed by atoms with E-state index in [1.54, 1.807) is 7.11 Å². The van der Waals surface area contributed by atoms with Crippen LogP contribution in [0.5, 0.6) is 5.75 Å². The molecule has 1 unspecified atom stereocenters. The van der Waals surface area contributed by atoms with Crippen LogP contribution < -0.4 is 4.74 Å². The maximum absolute atomic E-state index is 10.9. The van der Waals surface area contributed by atoms with Crippen molar-refractivity contribution >= 4 is 5.97 Å². The van der Waals surface area contributed by atoms with Gasteiger partial charge in [-0.3, -0.25) is 0 Å². The summed E-state index contributed by atoms with van der Waals surface area (Å²) in [6.07, 6.45) is 0.583. The molecule has 1 aromatic carbocycles. The molecule has 0 heterocycles. The highest BCUT2D eigenvalue weighted by Crippen LogP contribution is 2.14. The molecule has 4 heteroatoms. The molecule has 4 nitrogen and oxygen atoms in total. The molecule has 0 radical (unpaired) electrons. The van der Waals surface area contributed by atoms with Crippen molar-refractivity contribution in [1.82, 2.24) is 0 Å². The highest BCUT2D eigenvalue weighted by atomic mass is 16.5. The zero-order chi connectivity index (χ0) is 12.7. The first-order valence-electron chi connectivity index (χ1n) is 5.64. The number of hydrogen-bond donors (Lipinski definition) is 1. The molecule has 0 saturated heterocycles. The average Bonchev–Trinajstić information content (AvgIpc) is 2.34. The van der Waals surface area contributed by atoms with Crippen molar-refractivity contribution in [3.63, 3.8) is 0 Å². The van der Waals surface area contributed by atoms with Crippen molar-refractivity contribution in [3.05, 3.63) is 29.8 Å². The van der Waals surface area contributed by atoms with Gasteiger partial charge in [0.25, 0.3) is 0 Å². The second kappa shape index (κ2) is 6.91. The molecule has 0 spiro atoms. The fraction of sp³-hybridized carbons (Fsp3) is 0.462. The van der Waals surface area contributed by atoms with Crippen LogP contribution in [0.25, 0.3) is 0 Å². The number of rotatable bonds is 7. The maximum Gasteiger partial charge on any atom is 0.332 e. The molecule has 0 bridgehead atoms. The minimum Gasteiger partial charge on any atom is -0.497 e. The molecular formula is C13H18O4. The molecule has 17 heavy (non-hydrogen) atoms. The Hall–Kier alpha value is -1.55. The Kier molecular flexibility index (Phi) is 5.49. The molecule has 0 saturated carbocycles. The summed E-state index contributed by atoms with van der Waals surface area (Å²) in [7, 11) is 1.59. The normalized spacial score (nSPS) is 12.1. The summed E-state index contributed by atoms with van der Waals surface area (Å²) in [5, 5.41) is 8.93. The molecule has 94 valence electrons. The second-order valence-electron chi connectivity index (χ2n) is 3.78. The summed E-state index contributed by atoms with van der Waals surface area (Å²) in [6.45, 7) is 2.22. The number of benzene rings is 1. The van der Waals surface area contributed by atoms with E-state index >= 15 is 0 Å². The van der Waals surface area contributed by atoms with Crippen molar-refractivity contribution in [2.24, 2.45) is 0 Å². The SMILES string of the molecule is CCCC(OCc1cccc(OC)c1)C(=O)O. The lowest BCUT2D eigenvalue weighted by Crippen LogP contribution is -2.23. The monoisotopic (exact) mass is 238 g/mol. The predicted molar refractivity (Wildman–Crippen MR) is 64.1 cm³/mol. The summed E-state index contributed by atoms with van der Waals surface area (Å²) < 4.78 is 10.5. The van der Waals surface area contributed by atoms with Crippen LogP contribution in [0, 0.1) is 0 Å². The third-order valence-corrected chi connectivity index (χ3v) is 2.41. The lowest BCUT2D eigenvalue weighted by atomic mass is 10.2. The Morgan fingerprint density at radius 3 is 2.82 bits per heavy atom. The van der Waals surface area contributed by atoms with Gasteiger partial charge in [0.2, 0.25) is 0 Å². The van der Waals surface area contributed by atoms with E-state index in [0.717, 1.165) is 17.7 Å². The van der Waals surface area contributed by atoms with Gasteiger partial charge in [-0.25, -0.2) is 4.79 Å². The Balaban J connectivity index is 2.55. The lowest BCUT2D eigenvalue weighted by molar-refractivity contribution is -0.151. The zero-order valence-corrected chi connectivity index (χ0v) is 10.2. The highest BCUT2D eigenvalue weighted by Gasteiger charge is 2.16. The molecule has 0 fully saturated rings. The smallest absolute Gasteiger partial charge is 0.332 e. The fourth-order valence-electron chi connectivity index (χ4n) is 1.50. The van der Waals surface area contributed by atoms with Gasteiger partial charge in [-0.15, -0.1) is 0 Å². The molecule has 0 aromatic heterocycles. The van der Waals surface area contributed by atoms with E-state index in [9.17, 15) is 4.79 Å². The van der Waals surface area contributed by atoms with Gasteiger partial charge in [0.1, 0.15) is 5.75 Å². The fourth-order valence-corrected chi connectivity index (χ4v) is 1.50. The summed E-state index contributed by atoms with van der Waals surface area (Å²) in [6, 6.07) is 7.41. The summed E-state index contributed by atoms with van der Waals surface area (Å²) in [5.41, 5.74) is 0.909. The molecule has 0 amide bonds. The van der Waals surface area contributed by atoms with Gasteiger partial charge in [0, 0.05) is 0 Å². The van der Waals surface area contributed by atoms with Crippen molar-refractivity contribution < 1.29 is 19.4 Å². The van der Waals surface area contributed by atoms with Gasteiger partial charge in [-0.1, -0.05) is 25.5 Å². The van der Waals surface area contributed by atoms with Gasteiger partial charge < -0.3 is 14.6 Å². The number of carbonyl (C=O) groups is 1. The van der Waals surface area contributed by atoms with E-state index in [4.69, 9.17) is 14.6 Å². The van der Waals surface area contributed by atoms with Crippen molar-refractivity contribution in [3.8, 4) is 5.75 Å². The Labute approximate surface area is 101 Å². The van der Waals surface area contributed by atoms with Crippen molar-refractivity contribution in [2.45, 2.75) is 32.5 Å². The Morgan fingerprint density at radius 1 is 1.47 bits per heavy atom. The molecule has 1 rings (SSSR count). The summed E-state index contributed by atoms with van der Waals surface area (Å²) in [5.74, 6) is -0.164. The zero-order valence-electron chi connectivity index (χ0n) is 10.2. The van der Waals surface area contributed by atoms with Crippen LogP contribution in [0.1, 0.15) is 25.3 Å². The number of ether oxygens (including phenoxy) is 2. The van der Waals surface area contributed by atoms with E-state index in [0.29, 0.717) is 6.42 Å². The molecule has 1 atom stereocenters. The van der Waals surface area contributed by atoms with Crippen molar-refractivity contribution in [1.29, 1.82) is 0 Å². The van der Waals surface area contributed by atoms with E-state index in [1.165, 1.54) is 0 Å². The first-order valence-corrected chi connectivity index (χ1v) is 5.64. The van der Waals surface area contributed by atoms with E-state index in [2.05, 4.69) is 0 Å². The first kappa shape index (κ1) is 13.5. The Morgan fingerprint density at radius 2 is 2.24 bits per heavy atom. The van der Waals surface area contributed by atoms with Gasteiger partial charge in [-0.2, -0.15) is 0 Å². The minimum atomic E-state index is -0.908. The largest absolute Gasteiger partial charge is 0.497 e. The molecule has 0 aliphatic rings. The molecule has 1 aromatic rings. The lowest BCUT2D eigenvalue weighted by Gasteiger charge is -2.13. The van der Waals surface area contributed by atoms with Crippen LogP contribution in [-0.4, -0.2) is 24.3 Å². The molecule has 0 aliphatic carbocycles. The van der Waals surface area contributed by atoms with E-state index in [-0.39, 0.29) is 6.61 Å². The predicted octanol–water partition coefficient (Wildman–Crippen LogP) is 2.47. The standard InChI is InChI=1S/C13H18O4/c1-3-5-12(13(14)15)17-9-10-6-4-7-11(8-10)16-2/h4,6-8,12H,3,5,9H2,1-2H3,(H,14,15).